The van der Waals surface area contributed by atoms with Crippen molar-refractivity contribution in [2.24, 2.45) is 0 Å². The van der Waals surface area contributed by atoms with Crippen LogP contribution in [0.25, 0.3) is 0 Å². The van der Waals surface area contributed by atoms with Crippen LogP contribution in [-0.2, 0) is 47.7 Å². The molecule has 1 fully saturated rings. The first-order chi connectivity index (χ1) is 17.4. The van der Waals surface area contributed by atoms with Crippen LogP contribution >= 0.6 is 0 Å². The first-order valence-electron chi connectivity index (χ1n) is 11.2. The molecule has 1 saturated heterocycles. The van der Waals surface area contributed by atoms with Crippen LogP contribution in [0.1, 0.15) is 45.0 Å². The fraction of sp³-hybridized carbons (Fsp3) is 0.500. The molecule has 202 valence electrons. The molecule has 1 heterocycles. The van der Waals surface area contributed by atoms with E-state index in [1.807, 2.05) is 0 Å². The molecule has 1 amide bonds. The van der Waals surface area contributed by atoms with Crippen molar-refractivity contribution >= 4 is 55.0 Å². The van der Waals surface area contributed by atoms with Crippen molar-refractivity contribution in [1.29, 1.82) is 0 Å². The molecule has 1 aromatic carbocycles. The molecule has 0 aromatic heterocycles. The number of hydrogen-bond acceptors (Lipinski definition) is 11. The summed E-state index contributed by atoms with van der Waals surface area (Å²) in [4.78, 5) is 72.0. The number of ketones is 1. The predicted octanol–water partition coefficient (Wildman–Crippen LogP) is -0.164. The van der Waals surface area contributed by atoms with Gasteiger partial charge in [-0.3, -0.25) is 0 Å². The van der Waals surface area contributed by atoms with Crippen LogP contribution in [0.4, 0.5) is 0 Å². The second-order valence-electron chi connectivity index (χ2n) is 8.09. The molecule has 0 unspecified atom stereocenters. The molecule has 13 heteroatoms. The average Bonchev–Trinajstić information content (AvgIpc) is 2.79. The Bertz CT molecular complexity index is 1040. The number of nitrogens with one attached hydrogen (secondary N) is 1. The number of amides is 1. The third-order valence-corrected chi connectivity index (χ3v) is 7.40. The first kappa shape index (κ1) is 29.9. The Hall–Kier alpha value is -3.28. The molecule has 1 N–H and O–H groups in total. The molecule has 0 bridgehead atoms. The summed E-state index contributed by atoms with van der Waals surface area (Å²) in [5.41, 5.74) is 0.262. The third kappa shape index (κ3) is 9.27. The van der Waals surface area contributed by atoms with Gasteiger partial charge in [0.2, 0.25) is 0 Å². The van der Waals surface area contributed by atoms with Gasteiger partial charge in [-0.1, -0.05) is 0 Å². The molecule has 0 radical (unpaired) electrons. The number of Topliss-reactive ketones (excluding diaryl/α,β-unsaturated/α-hetero) is 1. The van der Waals surface area contributed by atoms with Gasteiger partial charge in [0, 0.05) is 0 Å². The molecule has 12 nitrogen and oxygen atoms in total. The van der Waals surface area contributed by atoms with Gasteiger partial charge in [0.05, 0.1) is 0 Å². The molecular weight excluding hydrogens is 557 g/mol. The Morgan fingerprint density at radius 2 is 1.43 bits per heavy atom. The van der Waals surface area contributed by atoms with Gasteiger partial charge >= 0.3 is 220 Å². The van der Waals surface area contributed by atoms with E-state index in [9.17, 15) is 28.8 Å². The number of carbonyl (C=O) groups is 6. The zero-order valence-electron chi connectivity index (χ0n) is 21.0. The maximum atomic E-state index is 13.4. The Labute approximate surface area is 219 Å². The van der Waals surface area contributed by atoms with Crippen molar-refractivity contribution in [3.05, 3.63) is 29.8 Å². The van der Waals surface area contributed by atoms with E-state index >= 15 is 0 Å². The fourth-order valence-electron chi connectivity index (χ4n) is 3.51. The van der Waals surface area contributed by atoms with E-state index in [0.29, 0.717) is 4.46 Å². The Morgan fingerprint density at radius 1 is 0.838 bits per heavy atom. The van der Waals surface area contributed by atoms with E-state index < -0.39 is 67.0 Å². The minimum absolute atomic E-state index is 0.0243. The Morgan fingerprint density at radius 3 is 2.00 bits per heavy atom. The SMILES string of the molecule is CC(=O)C[Se]c1ccccc1C(=O)N[C@H]1[C@H](OC(C)=O)O[C@H](COC(C)=O)[C@@H](OC(C)=O)[C@@H]1OC(C)=O. The van der Waals surface area contributed by atoms with Crippen LogP contribution in [0.5, 0.6) is 0 Å². The van der Waals surface area contributed by atoms with Gasteiger partial charge in [-0.25, -0.2) is 0 Å². The standard InChI is InChI=1S/C24H29NO11Se/c1-12(26)11-37-19-9-7-6-8-17(19)23(31)25-20-22(34-15(4)29)21(33-14(3)28)18(10-32-13(2)27)36-24(20)35-16(5)30/h6-9,18,20-22,24H,10-11H2,1-5H3,(H,25,31)/t18-,20-,21-,22-,24-/m1/s1. The zero-order valence-corrected chi connectivity index (χ0v) is 22.7. The predicted molar refractivity (Wildman–Crippen MR) is 127 cm³/mol. The number of hydrogen-bond donors (Lipinski definition) is 1. The summed E-state index contributed by atoms with van der Waals surface area (Å²) in [5, 5.41) is 2.95. The quantitative estimate of drug-likeness (QED) is 0.220. The fourth-order valence-corrected chi connectivity index (χ4v) is 5.29. The van der Waals surface area contributed by atoms with E-state index in [-0.39, 0.29) is 31.6 Å². The van der Waals surface area contributed by atoms with Crippen molar-refractivity contribution in [3.8, 4) is 0 Å². The number of benzene rings is 1. The topological polar surface area (TPSA) is 161 Å². The summed E-state index contributed by atoms with van der Waals surface area (Å²) >= 11 is -0.331. The van der Waals surface area contributed by atoms with Crippen LogP contribution in [0.3, 0.4) is 0 Å². The van der Waals surface area contributed by atoms with Crippen molar-refractivity contribution < 1.29 is 52.5 Å². The second-order valence-corrected chi connectivity index (χ2v) is 10.2. The van der Waals surface area contributed by atoms with Gasteiger partial charge < -0.3 is 0 Å². The normalized spacial score (nSPS) is 22.8. The molecule has 0 aliphatic carbocycles. The van der Waals surface area contributed by atoms with E-state index in [1.165, 1.54) is 6.92 Å². The average molecular weight is 586 g/mol. The van der Waals surface area contributed by atoms with Crippen LogP contribution in [-0.4, -0.2) is 87.8 Å². The van der Waals surface area contributed by atoms with Gasteiger partial charge in [-0.05, 0) is 0 Å². The van der Waals surface area contributed by atoms with E-state index in [1.54, 1.807) is 24.3 Å². The summed E-state index contributed by atoms with van der Waals surface area (Å²) in [6.45, 7) is 5.54. The molecule has 1 aromatic rings. The zero-order chi connectivity index (χ0) is 27.7. The van der Waals surface area contributed by atoms with Crippen LogP contribution in [0.2, 0.25) is 5.32 Å². The molecule has 2 rings (SSSR count). The maximum absolute atomic E-state index is 13.4. The minimum atomic E-state index is -1.49. The third-order valence-electron chi connectivity index (χ3n) is 4.84. The van der Waals surface area contributed by atoms with Crippen molar-refractivity contribution in [2.75, 3.05) is 6.61 Å². The molecule has 0 saturated carbocycles. The molecule has 37 heavy (non-hydrogen) atoms. The van der Waals surface area contributed by atoms with Crippen LogP contribution in [0.15, 0.2) is 24.3 Å². The molecular formula is C24H29NO11Se. The molecule has 5 atom stereocenters. The monoisotopic (exact) mass is 587 g/mol. The van der Waals surface area contributed by atoms with Gasteiger partial charge in [-0.15, -0.1) is 0 Å². The van der Waals surface area contributed by atoms with Gasteiger partial charge in [0.25, 0.3) is 0 Å². The summed E-state index contributed by atoms with van der Waals surface area (Å²) in [7, 11) is 0. The summed E-state index contributed by atoms with van der Waals surface area (Å²) in [5.74, 6) is -3.60. The van der Waals surface area contributed by atoms with Crippen LogP contribution in [0, 0.1) is 0 Å². The Balaban J connectivity index is 2.48. The number of rotatable bonds is 10. The van der Waals surface area contributed by atoms with Gasteiger partial charge in [0.15, 0.2) is 0 Å². The summed E-state index contributed by atoms with van der Waals surface area (Å²) < 4.78 is 27.5. The van der Waals surface area contributed by atoms with Crippen molar-refractivity contribution in [2.45, 2.75) is 70.6 Å². The molecule has 0 spiro atoms. The van der Waals surface area contributed by atoms with Crippen molar-refractivity contribution in [3.63, 3.8) is 0 Å². The van der Waals surface area contributed by atoms with E-state index in [4.69, 9.17) is 23.7 Å². The second kappa shape index (κ2) is 13.9. The van der Waals surface area contributed by atoms with Crippen LogP contribution < -0.4 is 9.78 Å². The van der Waals surface area contributed by atoms with Crippen molar-refractivity contribution in [1.82, 2.24) is 5.32 Å². The number of esters is 4. The van der Waals surface area contributed by atoms with Gasteiger partial charge in [-0.2, -0.15) is 0 Å². The number of ether oxygens (including phenoxy) is 5. The molecule has 1 aliphatic rings. The van der Waals surface area contributed by atoms with Gasteiger partial charge in [0.1, 0.15) is 0 Å². The Kier molecular flexibility index (Phi) is 11.2. The van der Waals surface area contributed by atoms with E-state index in [2.05, 4.69) is 5.32 Å². The first-order valence-corrected chi connectivity index (χ1v) is 13.3. The van der Waals surface area contributed by atoms with E-state index in [0.717, 1.165) is 27.7 Å². The summed E-state index contributed by atoms with van der Waals surface area (Å²) in [6, 6.07) is 5.34. The number of carbonyl (C=O) groups excluding carboxylic acids is 6. The summed E-state index contributed by atoms with van der Waals surface area (Å²) in [6.07, 6.45) is -5.39. The molecule has 1 aliphatic heterocycles.